The normalized spacial score (nSPS) is 10.4. The van der Waals surface area contributed by atoms with Crippen LogP contribution in [0.2, 0.25) is 0 Å². The Morgan fingerprint density at radius 3 is 0.286 bits per heavy atom. The van der Waals surface area contributed by atoms with Crippen LogP contribution in [0.1, 0.15) is 0 Å². The molecule has 0 N–H and O–H groups in total. The van der Waals surface area contributed by atoms with Crippen LogP contribution in [0.4, 0.5) is 0 Å². The van der Waals surface area contributed by atoms with Gasteiger partial charge in [0, 0.05) is 52.0 Å². The fraction of sp³-hybridized carbons (Fsp3) is 0. The molecule has 0 saturated heterocycles. The molecule has 0 aromatic heterocycles. The van der Waals surface area contributed by atoms with Crippen molar-refractivity contribution in [2.24, 2.45) is 0 Å². The Morgan fingerprint density at radius 2 is 0.286 bits per heavy atom. The van der Waals surface area contributed by atoms with Crippen molar-refractivity contribution in [2.45, 2.75) is 0 Å². The van der Waals surface area contributed by atoms with Crippen molar-refractivity contribution >= 4 is 86.7 Å². The Labute approximate surface area is 199 Å². The summed E-state index contributed by atoms with van der Waals surface area (Å²) < 4.78 is 170. The molecule has 0 radical (unpaired) electrons. The van der Waals surface area contributed by atoms with Crippen LogP contribution >= 0.6 is 0 Å². The minimum Gasteiger partial charge on any atom is -0.759 e. The summed E-state index contributed by atoms with van der Waals surface area (Å²) in [6.07, 6.45) is 0. The second-order valence-electron chi connectivity index (χ2n) is 2.04. The fourth-order valence-corrected chi connectivity index (χ4v) is 0. The molecule has 0 aliphatic heterocycles. The van der Waals surface area contributed by atoms with E-state index in [4.69, 9.17) is 87.6 Å². The molecule has 20 nitrogen and oxygen atoms in total. The van der Waals surface area contributed by atoms with Crippen LogP contribution in [0.3, 0.4) is 0 Å². The molecule has 0 unspecified atom stereocenters. The van der Waals surface area contributed by atoms with Gasteiger partial charge in [0.15, 0.2) is 0 Å². The van der Waals surface area contributed by atoms with Crippen LogP contribution in [0, 0.1) is 0 Å². The van der Waals surface area contributed by atoms with Gasteiger partial charge in [-0.3, -0.25) is 42.1 Å². The zero-order chi connectivity index (χ0) is 22.5. The Bertz CT molecular complexity index is 625. The van der Waals surface area contributed by atoms with Gasteiger partial charge in [-0.15, -0.1) is 0 Å². The van der Waals surface area contributed by atoms with Crippen molar-refractivity contribution in [1.82, 2.24) is 0 Å². The Kier molecular flexibility index (Phi) is 39.8. The molecule has 0 aliphatic carbocycles. The quantitative estimate of drug-likeness (QED) is 0.137. The Hall–Kier alpha value is 1.30. The van der Waals surface area contributed by atoms with Gasteiger partial charge in [-0.05, 0) is 0 Å². The van der Waals surface area contributed by atoms with Crippen LogP contribution < -0.4 is 0 Å². The van der Waals surface area contributed by atoms with E-state index in [9.17, 15) is 0 Å². The van der Waals surface area contributed by atoms with Crippen molar-refractivity contribution in [3.8, 4) is 0 Å². The molecule has 0 rings (SSSR count). The summed E-state index contributed by atoms with van der Waals surface area (Å²) in [5.74, 6) is 0. The predicted octanol–water partition coefficient (Wildman–Crippen LogP) is -7.45. The Morgan fingerprint density at radius 1 is 0.286 bits per heavy atom. The largest absolute Gasteiger partial charge is 4.00 e. The molecule has 0 aromatic carbocycles. The van der Waals surface area contributed by atoms with E-state index >= 15 is 0 Å². The maximum absolute atomic E-state index is 8.52. The van der Waals surface area contributed by atoms with Crippen molar-refractivity contribution in [1.29, 1.82) is 0 Å². The first-order valence-corrected chi connectivity index (χ1v) is 10.0. The van der Waals surface area contributed by atoms with E-state index in [0.29, 0.717) is 0 Å². The molecule has 0 amide bonds. The summed E-state index contributed by atoms with van der Waals surface area (Å²) >= 11 is 0. The molecule has 0 saturated carbocycles. The monoisotopic (exact) mass is 624 g/mol. The molecular formula is Al2O20S5Zr. The van der Waals surface area contributed by atoms with E-state index in [2.05, 4.69) is 0 Å². The number of hydrogen-bond donors (Lipinski definition) is 0. The van der Waals surface area contributed by atoms with Gasteiger partial charge in [-0.1, -0.05) is 0 Å². The van der Waals surface area contributed by atoms with Crippen molar-refractivity contribution in [3.05, 3.63) is 0 Å². The maximum atomic E-state index is 8.52. The van der Waals surface area contributed by atoms with Crippen LogP contribution in [0.15, 0.2) is 0 Å². The van der Waals surface area contributed by atoms with E-state index in [0.717, 1.165) is 0 Å². The molecule has 28 heteroatoms. The Balaban J connectivity index is -0.0000000290. The van der Waals surface area contributed by atoms with E-state index < -0.39 is 52.0 Å². The molecule has 0 fully saturated rings. The number of hydrogen-bond acceptors (Lipinski definition) is 20. The first-order valence-electron chi connectivity index (χ1n) is 3.33. The zero-order valence-corrected chi connectivity index (χ0v) is 20.7. The summed E-state index contributed by atoms with van der Waals surface area (Å²) in [6, 6.07) is 0. The zero-order valence-electron chi connectivity index (χ0n) is 11.9. The van der Waals surface area contributed by atoms with Crippen LogP contribution in [-0.4, -0.2) is 122 Å². The van der Waals surface area contributed by atoms with E-state index in [1.54, 1.807) is 0 Å². The SMILES string of the molecule is O=S(=O)([O-])[O-].O=S(=O)([O-])[O-].O=S(=O)([O-])[O-].O=S(=O)([O-])[O-].O=S(=O)([O-])[O-].[Al+3].[Al+3].[Zr+4]. The van der Waals surface area contributed by atoms with Crippen LogP contribution in [-0.2, 0) is 78.2 Å². The third kappa shape index (κ3) is 11200. The van der Waals surface area contributed by atoms with Gasteiger partial charge in [0.25, 0.3) is 0 Å². The summed E-state index contributed by atoms with van der Waals surface area (Å²) in [5, 5.41) is 0. The third-order valence-corrected chi connectivity index (χ3v) is 0. The maximum Gasteiger partial charge on any atom is 4.00 e. The fourth-order valence-electron chi connectivity index (χ4n) is 0. The molecule has 0 aliphatic rings. The first kappa shape index (κ1) is 51.7. The minimum absolute atomic E-state index is 0. The summed E-state index contributed by atoms with van der Waals surface area (Å²) in [5.41, 5.74) is 0. The van der Waals surface area contributed by atoms with Crippen LogP contribution in [0.5, 0.6) is 0 Å². The summed E-state index contributed by atoms with van der Waals surface area (Å²) in [4.78, 5) is 0. The molecule has 28 heavy (non-hydrogen) atoms. The second-order valence-corrected chi connectivity index (χ2v) is 6.12. The molecule has 0 heterocycles. The van der Waals surface area contributed by atoms with E-state index in [-0.39, 0.29) is 60.9 Å². The average Bonchev–Trinajstić information content (AvgIpc) is 1.79. The molecular weight excluding hydrogens is 626 g/mol. The summed E-state index contributed by atoms with van der Waals surface area (Å²) in [6.45, 7) is 0. The van der Waals surface area contributed by atoms with Gasteiger partial charge in [-0.25, -0.2) is 0 Å². The minimum atomic E-state index is -5.17. The van der Waals surface area contributed by atoms with Crippen molar-refractivity contribution in [2.75, 3.05) is 0 Å². The molecule has 0 aromatic rings. The van der Waals surface area contributed by atoms with Crippen molar-refractivity contribution < 1.29 is 114 Å². The van der Waals surface area contributed by atoms with E-state index in [1.807, 2.05) is 0 Å². The van der Waals surface area contributed by atoms with Crippen LogP contribution in [0.25, 0.3) is 0 Å². The van der Waals surface area contributed by atoms with Gasteiger partial charge in [0.05, 0.1) is 0 Å². The van der Waals surface area contributed by atoms with Gasteiger partial charge in [0.2, 0.25) is 0 Å². The standard InChI is InChI=1S/2Al.5H2O4S.Zr/c;;5*1-5(2,3)4;/h;;5*(H2,1,2,3,4);/q2*+3;;;;;;+4/p-10. The van der Waals surface area contributed by atoms with Gasteiger partial charge in [0.1, 0.15) is 0 Å². The predicted molar refractivity (Wildman–Crippen MR) is 63.9 cm³/mol. The molecule has 0 bridgehead atoms. The smallest absolute Gasteiger partial charge is 0.759 e. The van der Waals surface area contributed by atoms with Crippen molar-refractivity contribution in [3.63, 3.8) is 0 Å². The number of rotatable bonds is 0. The van der Waals surface area contributed by atoms with Gasteiger partial charge in [-0.2, -0.15) is 0 Å². The van der Waals surface area contributed by atoms with Gasteiger partial charge < -0.3 is 45.5 Å². The van der Waals surface area contributed by atoms with E-state index in [1.165, 1.54) is 0 Å². The molecule has 160 valence electrons. The average molecular weight is 626 g/mol. The summed E-state index contributed by atoms with van der Waals surface area (Å²) in [7, 11) is -25.8. The van der Waals surface area contributed by atoms with Gasteiger partial charge >= 0.3 is 60.9 Å². The third-order valence-electron chi connectivity index (χ3n) is 0. The molecule has 0 spiro atoms. The second kappa shape index (κ2) is 21.5. The molecule has 0 atom stereocenters. The first-order chi connectivity index (χ1) is 10.0. The topological polar surface area (TPSA) is 401 Å².